The molecule has 2 aromatic rings. The molecule has 0 saturated heterocycles. The van der Waals surface area contributed by atoms with E-state index in [1.54, 1.807) is 31.2 Å². The number of hydrogen-bond donors (Lipinski definition) is 0. The van der Waals surface area contributed by atoms with Gasteiger partial charge in [0.25, 0.3) is 11.8 Å². The summed E-state index contributed by atoms with van der Waals surface area (Å²) < 4.78 is 18.1. The molecule has 1 aliphatic rings. The topological polar surface area (TPSA) is 63.7 Å². The normalized spacial score (nSPS) is 13.8. The summed E-state index contributed by atoms with van der Waals surface area (Å²) in [4.78, 5) is 38.2. The molecule has 0 aromatic heterocycles. The predicted octanol–water partition coefficient (Wildman–Crippen LogP) is 3.03. The Balaban J connectivity index is 2.10. The Labute approximate surface area is 143 Å². The summed E-state index contributed by atoms with van der Waals surface area (Å²) in [6.07, 6.45) is 1.07. The number of halogens is 1. The second-order valence-corrected chi connectivity index (χ2v) is 5.28. The second-order valence-electron chi connectivity index (χ2n) is 5.28. The fourth-order valence-electron chi connectivity index (χ4n) is 2.60. The van der Waals surface area contributed by atoms with Crippen LogP contribution in [0, 0.1) is 5.82 Å². The number of esters is 1. The molecule has 6 heteroatoms. The zero-order valence-electron chi connectivity index (χ0n) is 13.4. The molecule has 1 heterocycles. The van der Waals surface area contributed by atoms with E-state index in [0.29, 0.717) is 5.56 Å². The quantitative estimate of drug-likeness (QED) is 0.488. The van der Waals surface area contributed by atoms with Crippen molar-refractivity contribution in [2.75, 3.05) is 6.61 Å². The lowest BCUT2D eigenvalue weighted by Gasteiger charge is -2.18. The maximum Gasteiger partial charge on any atom is 0.332 e. The predicted molar refractivity (Wildman–Crippen MR) is 88.0 cm³/mol. The fraction of sp³-hybridized carbons (Fsp3) is 0.105. The number of hydrogen-bond acceptors (Lipinski definition) is 4. The minimum absolute atomic E-state index is 0.0460. The summed E-state index contributed by atoms with van der Waals surface area (Å²) in [5.41, 5.74) is 0.905. The Kier molecular flexibility index (Phi) is 4.43. The van der Waals surface area contributed by atoms with Crippen molar-refractivity contribution < 1.29 is 23.5 Å². The van der Waals surface area contributed by atoms with Crippen molar-refractivity contribution in [2.45, 2.75) is 6.92 Å². The van der Waals surface area contributed by atoms with Crippen LogP contribution in [0.5, 0.6) is 0 Å². The van der Waals surface area contributed by atoms with Crippen LogP contribution in [0.15, 0.2) is 54.6 Å². The molecule has 0 aliphatic carbocycles. The molecule has 25 heavy (non-hydrogen) atoms. The third-order valence-electron chi connectivity index (χ3n) is 3.72. The first kappa shape index (κ1) is 16.6. The number of amides is 2. The lowest BCUT2D eigenvalue weighted by atomic mass is 10.1. The largest absolute Gasteiger partial charge is 0.463 e. The minimum Gasteiger partial charge on any atom is -0.463 e. The molecule has 5 nitrogen and oxygen atoms in total. The molecule has 2 aromatic carbocycles. The van der Waals surface area contributed by atoms with E-state index in [2.05, 4.69) is 0 Å². The molecule has 1 aliphatic heterocycles. The summed E-state index contributed by atoms with van der Waals surface area (Å²) >= 11 is 0. The van der Waals surface area contributed by atoms with Gasteiger partial charge in [-0.15, -0.1) is 0 Å². The average Bonchev–Trinajstić information content (AvgIpc) is 2.86. The molecular weight excluding hydrogens is 325 g/mol. The van der Waals surface area contributed by atoms with Crippen LogP contribution in [0.4, 0.5) is 4.39 Å². The van der Waals surface area contributed by atoms with Gasteiger partial charge in [-0.3, -0.25) is 9.59 Å². The zero-order valence-corrected chi connectivity index (χ0v) is 13.4. The van der Waals surface area contributed by atoms with E-state index in [1.165, 1.54) is 24.3 Å². The van der Waals surface area contributed by atoms with Crippen molar-refractivity contribution in [1.82, 2.24) is 4.90 Å². The van der Waals surface area contributed by atoms with Gasteiger partial charge in [0.2, 0.25) is 0 Å². The van der Waals surface area contributed by atoms with Crippen molar-refractivity contribution in [3.05, 3.63) is 77.1 Å². The number of rotatable bonds is 4. The molecule has 0 N–H and O–H groups in total. The van der Waals surface area contributed by atoms with E-state index in [9.17, 15) is 18.8 Å². The molecule has 0 fully saturated rings. The van der Waals surface area contributed by atoms with Crippen molar-refractivity contribution >= 4 is 23.5 Å². The standard InChI is InChI=1S/C19H14FNO4/c1-2-25-17(22)11-16(12-7-9-13(20)10-8-12)21-18(23)14-5-3-4-6-15(14)19(21)24/h3-11H,2H2,1H3/b16-11-. The summed E-state index contributed by atoms with van der Waals surface area (Å²) in [6.45, 7) is 1.79. The Morgan fingerprint density at radius 1 is 1.04 bits per heavy atom. The van der Waals surface area contributed by atoms with Gasteiger partial charge in [0.1, 0.15) is 5.82 Å². The van der Waals surface area contributed by atoms with Crippen LogP contribution in [-0.2, 0) is 9.53 Å². The van der Waals surface area contributed by atoms with Gasteiger partial charge in [0, 0.05) is 6.08 Å². The fourth-order valence-corrected chi connectivity index (χ4v) is 2.60. The number of carbonyl (C=O) groups is 3. The number of carbonyl (C=O) groups excluding carboxylic acids is 3. The summed E-state index contributed by atoms with van der Waals surface area (Å²) in [6, 6.07) is 11.6. The SMILES string of the molecule is CCOC(=O)/C=C(/c1ccc(F)cc1)N1C(=O)c2ccccc2C1=O. The molecule has 3 rings (SSSR count). The van der Waals surface area contributed by atoms with Gasteiger partial charge < -0.3 is 4.74 Å². The molecule has 0 spiro atoms. The Hall–Kier alpha value is -3.28. The molecule has 0 bridgehead atoms. The van der Waals surface area contributed by atoms with Crippen LogP contribution in [0.3, 0.4) is 0 Å². The molecule has 126 valence electrons. The highest BCUT2D eigenvalue weighted by molar-refractivity contribution is 6.26. The Bertz CT molecular complexity index is 852. The van der Waals surface area contributed by atoms with Gasteiger partial charge in [0.05, 0.1) is 23.4 Å². The number of ether oxygens (including phenoxy) is 1. The van der Waals surface area contributed by atoms with Gasteiger partial charge in [-0.1, -0.05) is 12.1 Å². The van der Waals surface area contributed by atoms with E-state index >= 15 is 0 Å². The number of fused-ring (bicyclic) bond motifs is 1. The van der Waals surface area contributed by atoms with Crippen molar-refractivity contribution in [3.8, 4) is 0 Å². The van der Waals surface area contributed by atoms with Gasteiger partial charge in [-0.05, 0) is 48.9 Å². The number of nitrogens with zero attached hydrogens (tertiary/aromatic N) is 1. The highest BCUT2D eigenvalue weighted by atomic mass is 19.1. The Morgan fingerprint density at radius 3 is 2.12 bits per heavy atom. The maximum atomic E-state index is 13.2. The highest BCUT2D eigenvalue weighted by Crippen LogP contribution is 2.30. The molecule has 0 unspecified atom stereocenters. The average molecular weight is 339 g/mol. The molecule has 0 radical (unpaired) electrons. The number of imide groups is 1. The van der Waals surface area contributed by atoms with Gasteiger partial charge in [-0.2, -0.15) is 0 Å². The molecule has 2 amide bonds. The molecule has 0 saturated carbocycles. The zero-order chi connectivity index (χ0) is 18.0. The van der Waals surface area contributed by atoms with Gasteiger partial charge in [-0.25, -0.2) is 14.1 Å². The lowest BCUT2D eigenvalue weighted by Crippen LogP contribution is -2.29. The Morgan fingerprint density at radius 2 is 1.60 bits per heavy atom. The second kappa shape index (κ2) is 6.68. The maximum absolute atomic E-state index is 13.2. The van der Waals surface area contributed by atoms with Crippen LogP contribution in [-0.4, -0.2) is 29.3 Å². The first-order chi connectivity index (χ1) is 12.0. The third-order valence-corrected chi connectivity index (χ3v) is 3.72. The van der Waals surface area contributed by atoms with Gasteiger partial charge >= 0.3 is 5.97 Å². The summed E-state index contributed by atoms with van der Waals surface area (Å²) in [5, 5.41) is 0. The van der Waals surface area contributed by atoms with Crippen LogP contribution in [0.25, 0.3) is 5.70 Å². The smallest absolute Gasteiger partial charge is 0.332 e. The third kappa shape index (κ3) is 3.06. The van der Waals surface area contributed by atoms with Crippen LogP contribution < -0.4 is 0 Å². The van der Waals surface area contributed by atoms with Crippen LogP contribution in [0.2, 0.25) is 0 Å². The van der Waals surface area contributed by atoms with E-state index in [-0.39, 0.29) is 23.4 Å². The molecule has 0 atom stereocenters. The summed E-state index contributed by atoms with van der Waals surface area (Å²) in [7, 11) is 0. The highest BCUT2D eigenvalue weighted by Gasteiger charge is 2.38. The van der Waals surface area contributed by atoms with E-state index in [4.69, 9.17) is 4.74 Å². The molecular formula is C19H14FNO4. The number of benzene rings is 2. The van der Waals surface area contributed by atoms with Crippen molar-refractivity contribution in [3.63, 3.8) is 0 Å². The van der Waals surface area contributed by atoms with E-state index < -0.39 is 23.6 Å². The summed E-state index contributed by atoms with van der Waals surface area (Å²) in [5.74, 6) is -2.25. The van der Waals surface area contributed by atoms with Crippen molar-refractivity contribution in [1.29, 1.82) is 0 Å². The minimum atomic E-state index is -0.696. The first-order valence-corrected chi connectivity index (χ1v) is 7.65. The van der Waals surface area contributed by atoms with E-state index in [1.807, 2.05) is 0 Å². The van der Waals surface area contributed by atoms with Crippen molar-refractivity contribution in [2.24, 2.45) is 0 Å². The van der Waals surface area contributed by atoms with Gasteiger partial charge in [0.15, 0.2) is 0 Å². The van der Waals surface area contributed by atoms with Crippen LogP contribution >= 0.6 is 0 Å². The monoisotopic (exact) mass is 339 g/mol. The van der Waals surface area contributed by atoms with E-state index in [0.717, 1.165) is 11.0 Å². The van der Waals surface area contributed by atoms with Crippen LogP contribution in [0.1, 0.15) is 33.2 Å². The lowest BCUT2D eigenvalue weighted by molar-refractivity contribution is -0.137. The first-order valence-electron chi connectivity index (χ1n) is 7.65.